The van der Waals surface area contributed by atoms with Crippen molar-refractivity contribution < 1.29 is 29.3 Å². The van der Waals surface area contributed by atoms with Gasteiger partial charge in [-0.15, -0.1) is 0 Å². The molecule has 1 saturated heterocycles. The van der Waals surface area contributed by atoms with Crippen LogP contribution in [0.25, 0.3) is 0 Å². The number of ether oxygens (including phenoxy) is 1. The van der Waals surface area contributed by atoms with Crippen molar-refractivity contribution in [2.24, 2.45) is 0 Å². The lowest BCUT2D eigenvalue weighted by Crippen LogP contribution is -2.44. The van der Waals surface area contributed by atoms with Crippen LogP contribution >= 0.6 is 0 Å². The molecule has 0 aromatic heterocycles. The molecular weight excluding hydrogens is 244 g/mol. The lowest BCUT2D eigenvalue weighted by molar-refractivity contribution is -0.142. The summed E-state index contributed by atoms with van der Waals surface area (Å²) in [4.78, 5) is 34.6. The molecule has 0 aromatic carbocycles. The molecule has 0 saturated carbocycles. The first-order valence-electron chi connectivity index (χ1n) is 5.55. The standard InChI is InChI=1S/C10H16N2O6/c1-2-18-10(17)11-8(14)5-12-4-6(13)3-7(12)9(15)16/h6-7,13H,2-5H2,1H3,(H,15,16)(H,11,14,17). The van der Waals surface area contributed by atoms with Crippen LogP contribution in [0.4, 0.5) is 4.79 Å². The van der Waals surface area contributed by atoms with Gasteiger partial charge in [0, 0.05) is 13.0 Å². The maximum absolute atomic E-state index is 11.4. The molecule has 2 unspecified atom stereocenters. The van der Waals surface area contributed by atoms with Crippen molar-refractivity contribution in [3.8, 4) is 0 Å². The second kappa shape index (κ2) is 6.31. The fourth-order valence-corrected chi connectivity index (χ4v) is 1.82. The zero-order valence-electron chi connectivity index (χ0n) is 9.96. The van der Waals surface area contributed by atoms with Gasteiger partial charge < -0.3 is 14.9 Å². The first-order chi connectivity index (χ1) is 8.43. The molecule has 8 nitrogen and oxygen atoms in total. The minimum atomic E-state index is -1.10. The smallest absolute Gasteiger partial charge is 0.413 e. The van der Waals surface area contributed by atoms with Gasteiger partial charge in [0.1, 0.15) is 6.04 Å². The molecule has 1 rings (SSSR count). The number of carboxylic acid groups (broad SMARTS) is 1. The predicted molar refractivity (Wildman–Crippen MR) is 58.8 cm³/mol. The van der Waals surface area contributed by atoms with Crippen LogP contribution in [0.2, 0.25) is 0 Å². The number of amides is 2. The van der Waals surface area contributed by atoms with Crippen LogP contribution in [0.15, 0.2) is 0 Å². The van der Waals surface area contributed by atoms with Crippen molar-refractivity contribution in [2.75, 3.05) is 19.7 Å². The summed E-state index contributed by atoms with van der Waals surface area (Å²) in [7, 11) is 0. The summed E-state index contributed by atoms with van der Waals surface area (Å²) in [5.41, 5.74) is 0. The highest BCUT2D eigenvalue weighted by molar-refractivity contribution is 5.93. The van der Waals surface area contributed by atoms with Crippen molar-refractivity contribution in [3.63, 3.8) is 0 Å². The lowest BCUT2D eigenvalue weighted by Gasteiger charge is -2.19. The van der Waals surface area contributed by atoms with Gasteiger partial charge in [0.05, 0.1) is 19.3 Å². The van der Waals surface area contributed by atoms with E-state index in [4.69, 9.17) is 5.11 Å². The summed E-state index contributed by atoms with van der Waals surface area (Å²) in [5, 5.41) is 20.2. The summed E-state index contributed by atoms with van der Waals surface area (Å²) in [6.07, 6.45) is -1.57. The number of alkyl carbamates (subject to hydrolysis) is 1. The van der Waals surface area contributed by atoms with Crippen molar-refractivity contribution in [1.82, 2.24) is 10.2 Å². The Balaban J connectivity index is 2.48. The topological polar surface area (TPSA) is 116 Å². The number of hydrogen-bond acceptors (Lipinski definition) is 6. The van der Waals surface area contributed by atoms with E-state index in [-0.39, 0.29) is 26.1 Å². The van der Waals surface area contributed by atoms with Crippen LogP contribution in [-0.4, -0.2) is 64.9 Å². The van der Waals surface area contributed by atoms with Crippen LogP contribution in [0.5, 0.6) is 0 Å². The first-order valence-corrected chi connectivity index (χ1v) is 5.55. The van der Waals surface area contributed by atoms with E-state index in [0.717, 1.165) is 0 Å². The Morgan fingerprint density at radius 2 is 2.11 bits per heavy atom. The molecule has 1 fully saturated rings. The van der Waals surface area contributed by atoms with Gasteiger partial charge in [0.15, 0.2) is 0 Å². The number of aliphatic hydroxyl groups is 1. The molecule has 0 aliphatic carbocycles. The molecule has 0 aromatic rings. The number of carboxylic acids is 1. The van der Waals surface area contributed by atoms with Gasteiger partial charge in [-0.1, -0.05) is 0 Å². The lowest BCUT2D eigenvalue weighted by atomic mass is 10.2. The number of nitrogens with one attached hydrogen (secondary N) is 1. The molecule has 1 aliphatic rings. The Labute approximate surface area is 104 Å². The predicted octanol–water partition coefficient (Wildman–Crippen LogP) is -1.22. The van der Waals surface area contributed by atoms with Crippen molar-refractivity contribution in [2.45, 2.75) is 25.5 Å². The van der Waals surface area contributed by atoms with Gasteiger partial charge in [0.25, 0.3) is 0 Å². The molecule has 8 heteroatoms. The van der Waals surface area contributed by atoms with Crippen LogP contribution in [-0.2, 0) is 14.3 Å². The monoisotopic (exact) mass is 260 g/mol. The third-order valence-corrected chi connectivity index (χ3v) is 2.53. The van der Waals surface area contributed by atoms with Gasteiger partial charge in [-0.3, -0.25) is 19.8 Å². The quantitative estimate of drug-likeness (QED) is 0.580. The molecular formula is C10H16N2O6. The highest BCUT2D eigenvalue weighted by atomic mass is 16.5. The van der Waals surface area contributed by atoms with Crippen LogP contribution in [0.3, 0.4) is 0 Å². The molecule has 1 aliphatic heterocycles. The van der Waals surface area contributed by atoms with Crippen LogP contribution in [0.1, 0.15) is 13.3 Å². The molecule has 3 N–H and O–H groups in total. The van der Waals surface area contributed by atoms with Crippen molar-refractivity contribution in [1.29, 1.82) is 0 Å². The maximum atomic E-state index is 11.4. The number of carbonyl (C=O) groups is 3. The Bertz CT molecular complexity index is 345. The Kier molecular flexibility index (Phi) is 5.05. The van der Waals surface area contributed by atoms with E-state index < -0.39 is 30.1 Å². The second-order valence-electron chi connectivity index (χ2n) is 3.94. The van der Waals surface area contributed by atoms with E-state index in [9.17, 15) is 19.5 Å². The number of aliphatic carboxylic acids is 1. The number of rotatable bonds is 4. The molecule has 2 atom stereocenters. The highest BCUT2D eigenvalue weighted by Crippen LogP contribution is 2.17. The number of imide groups is 1. The number of hydrogen-bond donors (Lipinski definition) is 3. The zero-order chi connectivity index (χ0) is 13.7. The Morgan fingerprint density at radius 1 is 1.44 bits per heavy atom. The number of likely N-dealkylation sites (tertiary alicyclic amines) is 1. The molecule has 0 bridgehead atoms. The van der Waals surface area contributed by atoms with Gasteiger partial charge in [-0.2, -0.15) is 0 Å². The Morgan fingerprint density at radius 3 is 2.67 bits per heavy atom. The number of aliphatic hydroxyl groups excluding tert-OH is 1. The molecule has 0 radical (unpaired) electrons. The minimum absolute atomic E-state index is 0.0714. The Hall–Kier alpha value is -1.67. The molecule has 102 valence electrons. The van der Waals surface area contributed by atoms with Gasteiger partial charge in [0.2, 0.25) is 5.91 Å². The van der Waals surface area contributed by atoms with E-state index in [0.29, 0.717) is 0 Å². The van der Waals surface area contributed by atoms with Crippen LogP contribution < -0.4 is 5.32 Å². The molecule has 1 heterocycles. The number of β-amino-alcohol motifs (C(OH)–C–C–N with tert-alkyl or cyclic N) is 1. The summed E-state index contributed by atoms with van der Waals surface area (Å²) in [6, 6.07) is -0.909. The summed E-state index contributed by atoms with van der Waals surface area (Å²) >= 11 is 0. The van der Waals surface area contributed by atoms with Gasteiger partial charge in [-0.05, 0) is 6.92 Å². The average Bonchev–Trinajstić information content (AvgIpc) is 2.59. The normalized spacial score (nSPS) is 23.7. The van der Waals surface area contributed by atoms with Crippen molar-refractivity contribution >= 4 is 18.0 Å². The largest absolute Gasteiger partial charge is 0.480 e. The first kappa shape index (κ1) is 14.4. The van der Waals surface area contributed by atoms with E-state index in [2.05, 4.69) is 4.74 Å². The van der Waals surface area contributed by atoms with Crippen molar-refractivity contribution in [3.05, 3.63) is 0 Å². The number of carbonyl (C=O) groups excluding carboxylic acids is 2. The highest BCUT2D eigenvalue weighted by Gasteiger charge is 2.36. The summed E-state index contributed by atoms with van der Waals surface area (Å²) in [6.45, 7) is 1.56. The van der Waals surface area contributed by atoms with E-state index in [1.165, 1.54) is 4.90 Å². The fourth-order valence-electron chi connectivity index (χ4n) is 1.82. The minimum Gasteiger partial charge on any atom is -0.480 e. The summed E-state index contributed by atoms with van der Waals surface area (Å²) < 4.78 is 4.52. The third kappa shape index (κ3) is 3.97. The maximum Gasteiger partial charge on any atom is 0.413 e. The zero-order valence-corrected chi connectivity index (χ0v) is 9.96. The van der Waals surface area contributed by atoms with Gasteiger partial charge >= 0.3 is 12.1 Å². The number of nitrogens with zero attached hydrogens (tertiary/aromatic N) is 1. The second-order valence-corrected chi connectivity index (χ2v) is 3.94. The average molecular weight is 260 g/mol. The van der Waals surface area contributed by atoms with E-state index in [1.807, 2.05) is 5.32 Å². The molecule has 18 heavy (non-hydrogen) atoms. The third-order valence-electron chi connectivity index (χ3n) is 2.53. The van der Waals surface area contributed by atoms with Gasteiger partial charge in [-0.25, -0.2) is 4.79 Å². The molecule has 0 spiro atoms. The van der Waals surface area contributed by atoms with Crippen LogP contribution in [0, 0.1) is 0 Å². The summed E-state index contributed by atoms with van der Waals surface area (Å²) in [5.74, 6) is -1.76. The van der Waals surface area contributed by atoms with E-state index >= 15 is 0 Å². The SMILES string of the molecule is CCOC(=O)NC(=O)CN1CC(O)CC1C(=O)O. The van der Waals surface area contributed by atoms with E-state index in [1.54, 1.807) is 6.92 Å². The fraction of sp³-hybridized carbons (Fsp3) is 0.700. The molecule has 2 amide bonds.